The summed E-state index contributed by atoms with van der Waals surface area (Å²) in [6.07, 6.45) is 2.57. The van der Waals surface area contributed by atoms with Crippen molar-refractivity contribution in [3.63, 3.8) is 0 Å². The maximum absolute atomic E-state index is 12.8. The van der Waals surface area contributed by atoms with Gasteiger partial charge in [0.15, 0.2) is 0 Å². The van der Waals surface area contributed by atoms with E-state index in [0.717, 1.165) is 52.0 Å². The molecule has 1 N–H and O–H groups in total. The molecule has 28 heavy (non-hydrogen) atoms. The fraction of sp³-hybridized carbons (Fsp3) is 0.632. The van der Waals surface area contributed by atoms with Gasteiger partial charge in [-0.3, -0.25) is 4.79 Å². The van der Waals surface area contributed by atoms with Crippen LogP contribution in [0.3, 0.4) is 0 Å². The number of halogens is 1. The van der Waals surface area contributed by atoms with Crippen molar-refractivity contribution in [3.05, 3.63) is 28.8 Å². The van der Waals surface area contributed by atoms with Crippen LogP contribution < -0.4 is 5.32 Å². The van der Waals surface area contributed by atoms with Crippen LogP contribution >= 0.6 is 11.6 Å². The van der Waals surface area contributed by atoms with Crippen molar-refractivity contribution >= 4 is 27.5 Å². The lowest BCUT2D eigenvalue weighted by atomic mass is 10.2. The molecule has 1 amide bonds. The number of carbonyl (C=O) groups is 1. The molecule has 0 atom stereocenters. The Bertz CT molecular complexity index is 788. The molecule has 7 nitrogen and oxygen atoms in total. The number of sulfonamides is 1. The van der Waals surface area contributed by atoms with Crippen LogP contribution in [0.15, 0.2) is 23.1 Å². The third kappa shape index (κ3) is 5.24. The van der Waals surface area contributed by atoms with Crippen molar-refractivity contribution in [1.29, 1.82) is 0 Å². The van der Waals surface area contributed by atoms with Gasteiger partial charge in [0.1, 0.15) is 4.90 Å². The predicted molar refractivity (Wildman–Crippen MR) is 110 cm³/mol. The summed E-state index contributed by atoms with van der Waals surface area (Å²) in [6.45, 7) is 6.77. The Kier molecular flexibility index (Phi) is 7.33. The number of nitrogens with zero attached hydrogens (tertiary/aromatic N) is 3. The van der Waals surface area contributed by atoms with E-state index in [1.807, 2.05) is 0 Å². The lowest BCUT2D eigenvalue weighted by Crippen LogP contribution is -2.45. The van der Waals surface area contributed by atoms with Crippen LogP contribution in [0.4, 0.5) is 0 Å². The maximum Gasteiger partial charge on any atom is 0.251 e. The molecule has 2 heterocycles. The van der Waals surface area contributed by atoms with Gasteiger partial charge in [0.05, 0.1) is 5.02 Å². The number of hydrogen-bond acceptors (Lipinski definition) is 5. The molecule has 3 rings (SSSR count). The van der Waals surface area contributed by atoms with E-state index in [9.17, 15) is 13.2 Å². The number of piperazine rings is 1. The number of benzene rings is 1. The average Bonchev–Trinajstić information content (AvgIpc) is 3.22. The Morgan fingerprint density at radius 2 is 1.79 bits per heavy atom. The van der Waals surface area contributed by atoms with Gasteiger partial charge in [-0.2, -0.15) is 4.31 Å². The van der Waals surface area contributed by atoms with Crippen molar-refractivity contribution in [2.45, 2.75) is 24.2 Å². The SMILES string of the molecule is CN1CCN(CCCNC(=O)c2ccc(Cl)c(S(=O)(=O)N3CCCC3)c2)CC1. The molecule has 0 aliphatic carbocycles. The van der Waals surface area contributed by atoms with Crippen LogP contribution in [0.1, 0.15) is 29.6 Å². The van der Waals surface area contributed by atoms with E-state index in [0.29, 0.717) is 25.2 Å². The van der Waals surface area contributed by atoms with Crippen molar-refractivity contribution in [3.8, 4) is 0 Å². The quantitative estimate of drug-likeness (QED) is 0.666. The minimum Gasteiger partial charge on any atom is -0.352 e. The van der Waals surface area contributed by atoms with Crippen molar-refractivity contribution in [2.75, 3.05) is 59.4 Å². The summed E-state index contributed by atoms with van der Waals surface area (Å²) in [5.74, 6) is -0.270. The first-order valence-corrected chi connectivity index (χ1v) is 11.7. The van der Waals surface area contributed by atoms with Crippen LogP contribution in [0.5, 0.6) is 0 Å². The first-order chi connectivity index (χ1) is 13.4. The molecule has 0 aromatic heterocycles. The van der Waals surface area contributed by atoms with Crippen LogP contribution in [0.2, 0.25) is 5.02 Å². The van der Waals surface area contributed by atoms with E-state index >= 15 is 0 Å². The van der Waals surface area contributed by atoms with Crippen LogP contribution in [0.25, 0.3) is 0 Å². The first-order valence-electron chi connectivity index (χ1n) is 9.87. The molecule has 156 valence electrons. The molecule has 0 spiro atoms. The Balaban J connectivity index is 1.55. The molecule has 2 saturated heterocycles. The molecule has 2 aliphatic heterocycles. The summed E-state index contributed by atoms with van der Waals surface area (Å²) in [5.41, 5.74) is 0.321. The van der Waals surface area contributed by atoms with Gasteiger partial charge >= 0.3 is 0 Å². The number of nitrogens with one attached hydrogen (secondary N) is 1. The summed E-state index contributed by atoms with van der Waals surface area (Å²) in [5, 5.41) is 3.04. The Morgan fingerprint density at radius 1 is 1.11 bits per heavy atom. The smallest absolute Gasteiger partial charge is 0.251 e. The van der Waals surface area contributed by atoms with Gasteiger partial charge in [0, 0.05) is 51.4 Å². The summed E-state index contributed by atoms with van der Waals surface area (Å²) in [7, 11) is -1.53. The highest BCUT2D eigenvalue weighted by molar-refractivity contribution is 7.89. The van der Waals surface area contributed by atoms with Gasteiger partial charge < -0.3 is 15.1 Å². The second-order valence-electron chi connectivity index (χ2n) is 7.51. The lowest BCUT2D eigenvalue weighted by Gasteiger charge is -2.32. The molecular formula is C19H29ClN4O3S. The Hall–Kier alpha value is -1.19. The van der Waals surface area contributed by atoms with Crippen molar-refractivity contribution in [1.82, 2.24) is 19.4 Å². The average molecular weight is 429 g/mol. The third-order valence-electron chi connectivity index (χ3n) is 5.41. The standard InChI is InChI=1S/C19H29ClN4O3S/c1-22-11-13-23(14-12-22)8-4-7-21-19(25)16-5-6-17(20)18(15-16)28(26,27)24-9-2-3-10-24/h5-6,15H,2-4,7-14H2,1H3,(H,21,25). The largest absolute Gasteiger partial charge is 0.352 e. The molecule has 0 radical (unpaired) electrons. The Morgan fingerprint density at radius 3 is 2.46 bits per heavy atom. The molecule has 0 bridgehead atoms. The van der Waals surface area contributed by atoms with Gasteiger partial charge in [0.25, 0.3) is 5.91 Å². The number of carbonyl (C=O) groups excluding carboxylic acids is 1. The minimum absolute atomic E-state index is 0.0150. The third-order valence-corrected chi connectivity index (χ3v) is 7.79. The first kappa shape index (κ1) is 21.5. The molecule has 1 aromatic rings. The zero-order chi connectivity index (χ0) is 20.1. The van der Waals surface area contributed by atoms with E-state index < -0.39 is 10.0 Å². The van der Waals surface area contributed by atoms with Gasteiger partial charge in [-0.05, 0) is 51.1 Å². The highest BCUT2D eigenvalue weighted by atomic mass is 35.5. The van der Waals surface area contributed by atoms with E-state index in [1.165, 1.54) is 16.4 Å². The monoisotopic (exact) mass is 428 g/mol. The van der Waals surface area contributed by atoms with E-state index in [2.05, 4.69) is 22.2 Å². The van der Waals surface area contributed by atoms with E-state index in [-0.39, 0.29) is 15.8 Å². The topological polar surface area (TPSA) is 73.0 Å². The number of rotatable bonds is 7. The number of amides is 1. The van der Waals surface area contributed by atoms with Crippen molar-refractivity contribution in [2.24, 2.45) is 0 Å². The predicted octanol–water partition coefficient (Wildman–Crippen LogP) is 1.49. The summed E-state index contributed by atoms with van der Waals surface area (Å²) in [4.78, 5) is 17.2. The van der Waals surface area contributed by atoms with Gasteiger partial charge in [-0.15, -0.1) is 0 Å². The second kappa shape index (κ2) is 9.54. The molecule has 1 aromatic carbocycles. The molecular weight excluding hydrogens is 400 g/mol. The normalized spacial score (nSPS) is 19.8. The highest BCUT2D eigenvalue weighted by Crippen LogP contribution is 2.28. The van der Waals surface area contributed by atoms with Gasteiger partial charge in [-0.1, -0.05) is 11.6 Å². The highest BCUT2D eigenvalue weighted by Gasteiger charge is 2.29. The van der Waals surface area contributed by atoms with Crippen LogP contribution in [0, 0.1) is 0 Å². The number of likely N-dealkylation sites (N-methyl/N-ethyl adjacent to an activating group) is 1. The Labute approximate surface area is 172 Å². The summed E-state index contributed by atoms with van der Waals surface area (Å²) in [6, 6.07) is 4.45. The summed E-state index contributed by atoms with van der Waals surface area (Å²) >= 11 is 6.14. The lowest BCUT2D eigenvalue weighted by molar-refractivity contribution is 0.0949. The fourth-order valence-electron chi connectivity index (χ4n) is 3.59. The fourth-order valence-corrected chi connectivity index (χ4v) is 5.61. The minimum atomic E-state index is -3.66. The zero-order valence-corrected chi connectivity index (χ0v) is 17.9. The molecule has 2 fully saturated rings. The van der Waals surface area contributed by atoms with Gasteiger partial charge in [-0.25, -0.2) is 8.42 Å². The van der Waals surface area contributed by atoms with Crippen LogP contribution in [-0.4, -0.2) is 87.8 Å². The number of hydrogen-bond donors (Lipinski definition) is 1. The molecule has 9 heteroatoms. The second-order valence-corrected chi connectivity index (χ2v) is 9.82. The van der Waals surface area contributed by atoms with Crippen LogP contribution in [-0.2, 0) is 10.0 Å². The van der Waals surface area contributed by atoms with Gasteiger partial charge in [0.2, 0.25) is 10.0 Å². The zero-order valence-electron chi connectivity index (χ0n) is 16.4. The molecule has 0 saturated carbocycles. The van der Waals surface area contributed by atoms with E-state index in [1.54, 1.807) is 6.07 Å². The molecule has 2 aliphatic rings. The maximum atomic E-state index is 12.8. The van der Waals surface area contributed by atoms with Crippen molar-refractivity contribution < 1.29 is 13.2 Å². The van der Waals surface area contributed by atoms with E-state index in [4.69, 9.17) is 11.6 Å². The summed E-state index contributed by atoms with van der Waals surface area (Å²) < 4.78 is 27.0. The molecule has 0 unspecified atom stereocenters.